The van der Waals surface area contributed by atoms with Crippen LogP contribution in [0.25, 0.3) is 11.3 Å². The average Bonchev–Trinajstić information content (AvgIpc) is 3.17. The number of rotatable bonds is 5. The minimum Gasteiger partial charge on any atom is -0.497 e. The van der Waals surface area contributed by atoms with Crippen LogP contribution >= 0.6 is 22.9 Å². The van der Waals surface area contributed by atoms with Gasteiger partial charge in [0.05, 0.1) is 18.5 Å². The Labute approximate surface area is 186 Å². The fourth-order valence-electron chi connectivity index (χ4n) is 3.95. The van der Waals surface area contributed by atoms with Crippen LogP contribution in [-0.4, -0.2) is 18.0 Å². The molecule has 0 atom stereocenters. The number of hydrogen-bond acceptors (Lipinski definition) is 4. The van der Waals surface area contributed by atoms with Gasteiger partial charge in [-0.05, 0) is 68.3 Å². The van der Waals surface area contributed by atoms with Gasteiger partial charge in [-0.15, -0.1) is 11.3 Å². The van der Waals surface area contributed by atoms with Gasteiger partial charge in [-0.1, -0.05) is 30.9 Å². The fourth-order valence-corrected chi connectivity index (χ4v) is 5.03. The first-order valence-corrected chi connectivity index (χ1v) is 11.5. The standard InChI is InChI=1S/C24H25ClN2O2S/c1-16-22(17-8-14-21(29-2)15-9-17)26-24(30-16)27(20-12-10-19(25)11-13-20)23(28)18-6-4-3-5-7-18/h8-15,18H,3-7H2,1-2H3. The molecule has 1 saturated carbocycles. The molecule has 0 spiro atoms. The van der Waals surface area contributed by atoms with Gasteiger partial charge in [-0.25, -0.2) is 4.98 Å². The summed E-state index contributed by atoms with van der Waals surface area (Å²) in [6, 6.07) is 15.3. The normalized spacial score (nSPS) is 14.5. The van der Waals surface area contributed by atoms with Crippen molar-refractivity contribution in [2.24, 2.45) is 5.92 Å². The van der Waals surface area contributed by atoms with Crippen LogP contribution in [0.4, 0.5) is 10.8 Å². The molecule has 3 aromatic rings. The van der Waals surface area contributed by atoms with Gasteiger partial charge in [0.1, 0.15) is 5.75 Å². The minimum absolute atomic E-state index is 0.0445. The molecule has 1 aliphatic carbocycles. The van der Waals surface area contributed by atoms with E-state index in [-0.39, 0.29) is 11.8 Å². The summed E-state index contributed by atoms with van der Waals surface area (Å²) in [5.74, 6) is 0.984. The van der Waals surface area contributed by atoms with E-state index in [0.717, 1.165) is 53.3 Å². The first-order chi connectivity index (χ1) is 14.6. The number of carbonyl (C=O) groups excluding carboxylic acids is 1. The third-order valence-electron chi connectivity index (χ3n) is 5.60. The molecule has 1 fully saturated rings. The van der Waals surface area contributed by atoms with Crippen LogP contribution in [0.3, 0.4) is 0 Å². The maximum absolute atomic E-state index is 13.6. The second-order valence-electron chi connectivity index (χ2n) is 7.61. The third-order valence-corrected chi connectivity index (χ3v) is 6.81. The van der Waals surface area contributed by atoms with Crippen LogP contribution in [-0.2, 0) is 4.79 Å². The maximum atomic E-state index is 13.6. The summed E-state index contributed by atoms with van der Waals surface area (Å²) in [7, 11) is 1.65. The average molecular weight is 441 g/mol. The number of nitrogens with zero attached hydrogens (tertiary/aromatic N) is 2. The largest absolute Gasteiger partial charge is 0.497 e. The van der Waals surface area contributed by atoms with Gasteiger partial charge in [-0.3, -0.25) is 9.69 Å². The molecule has 0 saturated heterocycles. The number of hydrogen-bond donors (Lipinski definition) is 0. The van der Waals surface area contributed by atoms with Crippen molar-refractivity contribution in [1.82, 2.24) is 4.98 Å². The van der Waals surface area contributed by atoms with Gasteiger partial charge in [0.25, 0.3) is 0 Å². The Bertz CT molecular complexity index is 1010. The van der Waals surface area contributed by atoms with Crippen LogP contribution in [0.5, 0.6) is 5.75 Å². The summed E-state index contributed by atoms with van der Waals surface area (Å²) in [5.41, 5.74) is 2.72. The van der Waals surface area contributed by atoms with Crippen molar-refractivity contribution >= 4 is 39.7 Å². The Hall–Kier alpha value is -2.37. The van der Waals surface area contributed by atoms with Gasteiger partial charge >= 0.3 is 0 Å². The number of benzene rings is 2. The van der Waals surface area contributed by atoms with E-state index in [1.807, 2.05) is 55.5 Å². The highest BCUT2D eigenvalue weighted by Crippen LogP contribution is 2.39. The summed E-state index contributed by atoms with van der Waals surface area (Å²) in [6.07, 6.45) is 5.32. The zero-order valence-electron chi connectivity index (χ0n) is 17.2. The number of aromatic nitrogens is 1. The molecular weight excluding hydrogens is 416 g/mol. The summed E-state index contributed by atoms with van der Waals surface area (Å²) >= 11 is 7.65. The zero-order chi connectivity index (χ0) is 21.1. The van der Waals surface area contributed by atoms with Gasteiger partial charge in [0.2, 0.25) is 5.91 Å². The van der Waals surface area contributed by atoms with E-state index >= 15 is 0 Å². The monoisotopic (exact) mass is 440 g/mol. The van der Waals surface area contributed by atoms with E-state index < -0.39 is 0 Å². The van der Waals surface area contributed by atoms with Crippen molar-refractivity contribution in [3.63, 3.8) is 0 Å². The maximum Gasteiger partial charge on any atom is 0.236 e. The lowest BCUT2D eigenvalue weighted by Gasteiger charge is -2.27. The molecule has 0 bridgehead atoms. The van der Waals surface area contributed by atoms with Gasteiger partial charge in [-0.2, -0.15) is 0 Å². The topological polar surface area (TPSA) is 42.4 Å². The highest BCUT2D eigenvalue weighted by atomic mass is 35.5. The zero-order valence-corrected chi connectivity index (χ0v) is 18.8. The van der Waals surface area contributed by atoms with Crippen molar-refractivity contribution in [3.8, 4) is 17.0 Å². The Morgan fingerprint density at radius 1 is 1.07 bits per heavy atom. The van der Waals surface area contributed by atoms with Crippen LogP contribution < -0.4 is 9.64 Å². The highest BCUT2D eigenvalue weighted by molar-refractivity contribution is 7.16. The number of aryl methyl sites for hydroxylation is 1. The molecule has 30 heavy (non-hydrogen) atoms. The first kappa shape index (κ1) is 20.9. The summed E-state index contributed by atoms with van der Waals surface area (Å²) in [5, 5.41) is 1.36. The molecular formula is C24H25ClN2O2S. The van der Waals surface area contributed by atoms with Crippen LogP contribution in [0.2, 0.25) is 5.02 Å². The lowest BCUT2D eigenvalue weighted by molar-refractivity contribution is -0.122. The van der Waals surface area contributed by atoms with Crippen LogP contribution in [0.15, 0.2) is 48.5 Å². The molecule has 2 aromatic carbocycles. The molecule has 0 unspecified atom stereocenters. The summed E-state index contributed by atoms with van der Waals surface area (Å²) in [6.45, 7) is 2.05. The Morgan fingerprint density at radius 3 is 2.37 bits per heavy atom. The summed E-state index contributed by atoms with van der Waals surface area (Å²) in [4.78, 5) is 21.3. The van der Waals surface area contributed by atoms with E-state index in [0.29, 0.717) is 10.2 Å². The van der Waals surface area contributed by atoms with Gasteiger partial charge in [0.15, 0.2) is 5.13 Å². The molecule has 1 heterocycles. The number of amides is 1. The number of carbonyl (C=O) groups is 1. The molecule has 156 valence electrons. The van der Waals surface area contributed by atoms with Gasteiger partial charge in [0, 0.05) is 21.4 Å². The van der Waals surface area contributed by atoms with Gasteiger partial charge < -0.3 is 4.74 Å². The van der Waals surface area contributed by atoms with Crippen molar-refractivity contribution in [3.05, 3.63) is 58.4 Å². The molecule has 6 heteroatoms. The number of ether oxygens (including phenoxy) is 1. The molecule has 4 nitrogen and oxygen atoms in total. The first-order valence-electron chi connectivity index (χ1n) is 10.3. The van der Waals surface area contributed by atoms with Crippen molar-refractivity contribution in [2.45, 2.75) is 39.0 Å². The lowest BCUT2D eigenvalue weighted by Crippen LogP contribution is -2.33. The molecule has 1 amide bonds. The van der Waals surface area contributed by atoms with Crippen molar-refractivity contribution < 1.29 is 9.53 Å². The van der Waals surface area contributed by atoms with E-state index in [9.17, 15) is 4.79 Å². The van der Waals surface area contributed by atoms with E-state index in [4.69, 9.17) is 21.3 Å². The van der Waals surface area contributed by atoms with E-state index in [2.05, 4.69) is 0 Å². The number of thiazole rings is 1. The Morgan fingerprint density at radius 2 is 1.73 bits per heavy atom. The SMILES string of the molecule is COc1ccc(-c2nc(N(C(=O)C3CCCCC3)c3ccc(Cl)cc3)sc2C)cc1. The van der Waals surface area contributed by atoms with Crippen molar-refractivity contribution in [1.29, 1.82) is 0 Å². The third kappa shape index (κ3) is 4.37. The fraction of sp³-hybridized carbons (Fsp3) is 0.333. The van der Waals surface area contributed by atoms with E-state index in [1.165, 1.54) is 6.42 Å². The number of anilines is 2. The molecule has 0 aliphatic heterocycles. The smallest absolute Gasteiger partial charge is 0.236 e. The quantitative estimate of drug-likeness (QED) is 0.427. The summed E-state index contributed by atoms with van der Waals surface area (Å²) < 4.78 is 5.26. The second kappa shape index (κ2) is 9.19. The van der Waals surface area contributed by atoms with Crippen LogP contribution in [0, 0.1) is 12.8 Å². The van der Waals surface area contributed by atoms with Crippen molar-refractivity contribution in [2.75, 3.05) is 12.0 Å². The lowest BCUT2D eigenvalue weighted by atomic mass is 9.88. The molecule has 0 N–H and O–H groups in total. The minimum atomic E-state index is 0.0445. The molecule has 0 radical (unpaired) electrons. The Kier molecular flexibility index (Phi) is 6.40. The molecule has 4 rings (SSSR count). The molecule has 1 aromatic heterocycles. The van der Waals surface area contributed by atoms with Crippen LogP contribution in [0.1, 0.15) is 37.0 Å². The number of halogens is 1. The molecule has 1 aliphatic rings. The Balaban J connectivity index is 1.73. The second-order valence-corrected chi connectivity index (χ2v) is 9.23. The van der Waals surface area contributed by atoms with E-state index in [1.54, 1.807) is 23.3 Å². The predicted molar refractivity (Wildman–Crippen MR) is 124 cm³/mol. The predicted octanol–water partition coefficient (Wildman–Crippen LogP) is 7.03. The highest BCUT2D eigenvalue weighted by Gasteiger charge is 2.30. The number of methoxy groups -OCH3 is 1.